The highest BCUT2D eigenvalue weighted by Crippen LogP contribution is 2.23. The van der Waals surface area contributed by atoms with Gasteiger partial charge in [-0.2, -0.15) is 0 Å². The minimum absolute atomic E-state index is 0.119. The van der Waals surface area contributed by atoms with Crippen LogP contribution in [0.3, 0.4) is 0 Å². The van der Waals surface area contributed by atoms with E-state index in [-0.39, 0.29) is 24.8 Å². The summed E-state index contributed by atoms with van der Waals surface area (Å²) in [7, 11) is 0. The Morgan fingerprint density at radius 2 is 1.82 bits per heavy atom. The van der Waals surface area contributed by atoms with Crippen LogP contribution < -0.4 is 22.1 Å². The molecule has 9 nitrogen and oxygen atoms in total. The number of fused-ring (bicyclic) bond motifs is 1. The molecule has 1 saturated heterocycles. The van der Waals surface area contributed by atoms with E-state index in [1.54, 1.807) is 4.90 Å². The Morgan fingerprint density at radius 3 is 2.59 bits per heavy atom. The van der Waals surface area contributed by atoms with Gasteiger partial charge >= 0.3 is 0 Å². The smallest absolute Gasteiger partial charge is 0.243 e. The van der Waals surface area contributed by atoms with Gasteiger partial charge in [0.2, 0.25) is 23.6 Å². The third-order valence-electron chi connectivity index (χ3n) is 6.11. The van der Waals surface area contributed by atoms with Gasteiger partial charge in [0.15, 0.2) is 0 Å². The van der Waals surface area contributed by atoms with Crippen molar-refractivity contribution in [3.8, 4) is 0 Å². The van der Waals surface area contributed by atoms with Crippen LogP contribution in [0, 0.1) is 0 Å². The molecule has 0 aliphatic carbocycles. The first-order chi connectivity index (χ1) is 16.4. The number of hydrogen-bond donors (Lipinski definition) is 4. The highest BCUT2D eigenvalue weighted by molar-refractivity contribution is 5.95. The summed E-state index contributed by atoms with van der Waals surface area (Å²) < 4.78 is 0. The molecule has 1 heterocycles. The predicted molar refractivity (Wildman–Crippen MR) is 129 cm³/mol. The molecule has 3 rings (SSSR count). The Morgan fingerprint density at radius 1 is 1.06 bits per heavy atom. The number of likely N-dealkylation sites (tertiary alicyclic amines) is 1. The van der Waals surface area contributed by atoms with Crippen LogP contribution in [0.25, 0.3) is 10.8 Å². The first kappa shape index (κ1) is 25.2. The third-order valence-corrected chi connectivity index (χ3v) is 6.11. The molecule has 182 valence electrons. The van der Waals surface area contributed by atoms with Gasteiger partial charge in [-0.05, 0) is 55.0 Å². The molecule has 2 aromatic carbocycles. The molecule has 2 aromatic rings. The molecule has 34 heavy (non-hydrogen) atoms. The first-order valence-corrected chi connectivity index (χ1v) is 11.7. The van der Waals surface area contributed by atoms with E-state index in [4.69, 9.17) is 11.5 Å². The molecular weight excluding hydrogens is 434 g/mol. The summed E-state index contributed by atoms with van der Waals surface area (Å²) in [6.45, 7) is 0.664. The SMILES string of the molecule is NCCCCC(NC(=O)[C@@H]1CCCN1C(=O)Cc1cccc2ccccc12)C(=O)NCC(N)=O. The van der Waals surface area contributed by atoms with Crippen molar-refractivity contribution in [1.29, 1.82) is 0 Å². The van der Waals surface area contributed by atoms with Gasteiger partial charge in [0.25, 0.3) is 0 Å². The number of carbonyl (C=O) groups is 4. The van der Waals surface area contributed by atoms with Crippen LogP contribution in [0.15, 0.2) is 42.5 Å². The zero-order valence-corrected chi connectivity index (χ0v) is 19.3. The number of primary amides is 1. The minimum Gasteiger partial charge on any atom is -0.368 e. The fourth-order valence-corrected chi connectivity index (χ4v) is 4.38. The van der Waals surface area contributed by atoms with E-state index >= 15 is 0 Å². The number of hydrogen-bond acceptors (Lipinski definition) is 5. The van der Waals surface area contributed by atoms with Crippen LogP contribution in [0.1, 0.15) is 37.7 Å². The Balaban J connectivity index is 1.67. The summed E-state index contributed by atoms with van der Waals surface area (Å²) in [6, 6.07) is 12.3. The van der Waals surface area contributed by atoms with E-state index in [0.29, 0.717) is 45.2 Å². The van der Waals surface area contributed by atoms with Crippen molar-refractivity contribution in [3.63, 3.8) is 0 Å². The molecule has 0 saturated carbocycles. The van der Waals surface area contributed by atoms with Crippen molar-refractivity contribution in [2.24, 2.45) is 11.5 Å². The topological polar surface area (TPSA) is 148 Å². The first-order valence-electron chi connectivity index (χ1n) is 11.7. The van der Waals surface area contributed by atoms with Crippen molar-refractivity contribution in [3.05, 3.63) is 48.0 Å². The molecule has 0 bridgehead atoms. The molecule has 0 aromatic heterocycles. The molecule has 6 N–H and O–H groups in total. The van der Waals surface area contributed by atoms with Gasteiger partial charge in [-0.1, -0.05) is 42.5 Å². The van der Waals surface area contributed by atoms with E-state index in [0.717, 1.165) is 16.3 Å². The quantitative estimate of drug-likeness (QED) is 0.357. The highest BCUT2D eigenvalue weighted by Gasteiger charge is 2.35. The summed E-state index contributed by atoms with van der Waals surface area (Å²) in [5.74, 6) is -1.63. The van der Waals surface area contributed by atoms with E-state index < -0.39 is 23.9 Å². The summed E-state index contributed by atoms with van der Waals surface area (Å²) in [5, 5.41) is 7.31. The molecule has 9 heteroatoms. The van der Waals surface area contributed by atoms with E-state index in [1.807, 2.05) is 42.5 Å². The van der Waals surface area contributed by atoms with Gasteiger partial charge in [-0.3, -0.25) is 19.2 Å². The van der Waals surface area contributed by atoms with Gasteiger partial charge in [0.05, 0.1) is 13.0 Å². The summed E-state index contributed by atoms with van der Waals surface area (Å²) in [5.41, 5.74) is 11.6. The molecule has 4 amide bonds. The average molecular weight is 468 g/mol. The molecule has 2 atom stereocenters. The summed E-state index contributed by atoms with van der Waals surface area (Å²) >= 11 is 0. The standard InChI is InChI=1S/C25H33N5O4/c26-13-4-3-11-20(24(33)28-16-22(27)31)29-25(34)21-12-6-14-30(21)23(32)15-18-9-5-8-17-7-1-2-10-19(17)18/h1-2,5,7-10,20-21H,3-4,6,11-16,26H2,(H2,27,31)(H,28,33)(H,29,34)/t20?,21-/m0/s1. The highest BCUT2D eigenvalue weighted by atomic mass is 16.2. The Labute approximate surface area is 199 Å². The zero-order chi connectivity index (χ0) is 24.5. The number of benzene rings is 2. The molecular formula is C25H33N5O4. The molecule has 1 unspecified atom stereocenters. The average Bonchev–Trinajstić information content (AvgIpc) is 3.32. The van der Waals surface area contributed by atoms with E-state index in [9.17, 15) is 19.2 Å². The van der Waals surface area contributed by atoms with Gasteiger partial charge < -0.3 is 27.0 Å². The lowest BCUT2D eigenvalue weighted by molar-refractivity contribution is -0.139. The minimum atomic E-state index is -0.825. The Kier molecular flexibility index (Phi) is 8.98. The second-order valence-electron chi connectivity index (χ2n) is 8.59. The maximum Gasteiger partial charge on any atom is 0.243 e. The number of amides is 4. The maximum atomic E-state index is 13.2. The number of nitrogens with two attached hydrogens (primary N) is 2. The predicted octanol–water partition coefficient (Wildman–Crippen LogP) is 0.589. The lowest BCUT2D eigenvalue weighted by atomic mass is 10.0. The van der Waals surface area contributed by atoms with Crippen LogP contribution in [-0.4, -0.2) is 60.2 Å². The number of unbranched alkanes of at least 4 members (excludes halogenated alkanes) is 1. The van der Waals surface area contributed by atoms with Gasteiger partial charge in [0, 0.05) is 6.54 Å². The number of nitrogens with zero attached hydrogens (tertiary/aromatic N) is 1. The maximum absolute atomic E-state index is 13.2. The van der Waals surface area contributed by atoms with Crippen molar-refractivity contribution in [1.82, 2.24) is 15.5 Å². The zero-order valence-electron chi connectivity index (χ0n) is 19.3. The monoisotopic (exact) mass is 467 g/mol. The van der Waals surface area contributed by atoms with Crippen LogP contribution in [0.5, 0.6) is 0 Å². The lowest BCUT2D eigenvalue weighted by Crippen LogP contribution is -2.54. The van der Waals surface area contributed by atoms with Gasteiger partial charge in [0.1, 0.15) is 12.1 Å². The van der Waals surface area contributed by atoms with Crippen molar-refractivity contribution >= 4 is 34.4 Å². The second kappa shape index (κ2) is 12.1. The normalized spacial score (nSPS) is 16.3. The van der Waals surface area contributed by atoms with Gasteiger partial charge in [-0.25, -0.2) is 0 Å². The van der Waals surface area contributed by atoms with E-state index in [2.05, 4.69) is 10.6 Å². The van der Waals surface area contributed by atoms with Crippen LogP contribution in [0.2, 0.25) is 0 Å². The van der Waals surface area contributed by atoms with Crippen LogP contribution >= 0.6 is 0 Å². The molecule has 1 aliphatic heterocycles. The van der Waals surface area contributed by atoms with Crippen LogP contribution in [-0.2, 0) is 25.6 Å². The van der Waals surface area contributed by atoms with Gasteiger partial charge in [-0.15, -0.1) is 0 Å². The largest absolute Gasteiger partial charge is 0.368 e. The molecule has 1 aliphatic rings. The molecule has 0 radical (unpaired) electrons. The van der Waals surface area contributed by atoms with Crippen LogP contribution in [0.4, 0.5) is 0 Å². The Bertz CT molecular complexity index is 1040. The number of nitrogens with one attached hydrogen (secondary N) is 2. The van der Waals surface area contributed by atoms with Crippen molar-refractivity contribution in [2.45, 2.75) is 50.6 Å². The number of rotatable bonds is 11. The fourth-order valence-electron chi connectivity index (χ4n) is 4.38. The fraction of sp³-hybridized carbons (Fsp3) is 0.440. The molecule has 0 spiro atoms. The number of carbonyl (C=O) groups excluding carboxylic acids is 4. The van der Waals surface area contributed by atoms with E-state index in [1.165, 1.54) is 0 Å². The lowest BCUT2D eigenvalue weighted by Gasteiger charge is -2.26. The second-order valence-corrected chi connectivity index (χ2v) is 8.59. The third kappa shape index (κ3) is 6.54. The van der Waals surface area contributed by atoms with Crippen molar-refractivity contribution in [2.75, 3.05) is 19.6 Å². The Hall–Kier alpha value is -3.46. The summed E-state index contributed by atoms with van der Waals surface area (Å²) in [4.78, 5) is 51.5. The van der Waals surface area contributed by atoms with Crippen molar-refractivity contribution < 1.29 is 19.2 Å². The molecule has 1 fully saturated rings. The summed E-state index contributed by atoms with van der Waals surface area (Å²) in [6.07, 6.45) is 3.17.